The Labute approximate surface area is 288 Å². The van der Waals surface area contributed by atoms with Crippen LogP contribution in [0.25, 0.3) is 94.5 Å². The summed E-state index contributed by atoms with van der Waals surface area (Å²) in [6.45, 7) is 0. The Balaban J connectivity index is 1.22. The van der Waals surface area contributed by atoms with Gasteiger partial charge in [-0.3, -0.25) is 0 Å². The molecule has 0 saturated heterocycles. The van der Waals surface area contributed by atoms with Gasteiger partial charge in [0.15, 0.2) is 5.82 Å². The summed E-state index contributed by atoms with van der Waals surface area (Å²) in [6, 6.07) is 61.2. The van der Waals surface area contributed by atoms with Gasteiger partial charge in [0.2, 0.25) is 0 Å². The average Bonchev–Trinajstić information content (AvgIpc) is 3.75. The van der Waals surface area contributed by atoms with Crippen molar-refractivity contribution in [3.63, 3.8) is 0 Å². The van der Waals surface area contributed by atoms with E-state index in [1.165, 1.54) is 0 Å². The van der Waals surface area contributed by atoms with Gasteiger partial charge in [-0.25, -0.2) is 9.97 Å². The molecule has 4 heteroatoms. The Kier molecular flexibility index (Phi) is 6.46. The normalized spacial score (nSPS) is 11.6. The van der Waals surface area contributed by atoms with Gasteiger partial charge in [0.1, 0.15) is 11.2 Å². The van der Waals surface area contributed by atoms with Gasteiger partial charge in [0.25, 0.3) is 0 Å². The highest BCUT2D eigenvalue weighted by Gasteiger charge is 2.21. The fraction of sp³-hybridized carbons (Fsp3) is 0. The average molecular weight is 640 g/mol. The van der Waals surface area contributed by atoms with E-state index in [2.05, 4.69) is 132 Å². The molecule has 3 heterocycles. The summed E-state index contributed by atoms with van der Waals surface area (Å²) in [6.07, 6.45) is 0. The van der Waals surface area contributed by atoms with E-state index >= 15 is 0 Å². The zero-order valence-electron chi connectivity index (χ0n) is 27.0. The smallest absolute Gasteiger partial charge is 0.160 e. The van der Waals surface area contributed by atoms with E-state index in [1.54, 1.807) is 0 Å². The zero-order chi connectivity index (χ0) is 33.0. The Bertz CT molecular complexity index is 2800. The number of nitrogens with zero attached hydrogens (tertiary/aromatic N) is 3. The van der Waals surface area contributed by atoms with Crippen molar-refractivity contribution in [3.8, 4) is 50.7 Å². The molecular formula is C46H29N3O. The van der Waals surface area contributed by atoms with Crippen molar-refractivity contribution in [1.82, 2.24) is 14.5 Å². The van der Waals surface area contributed by atoms with Crippen molar-refractivity contribution in [1.29, 1.82) is 0 Å². The van der Waals surface area contributed by atoms with Gasteiger partial charge in [-0.2, -0.15) is 0 Å². The molecule has 0 aliphatic heterocycles. The van der Waals surface area contributed by atoms with E-state index in [0.29, 0.717) is 5.82 Å². The molecule has 0 aliphatic rings. The van der Waals surface area contributed by atoms with Crippen LogP contribution in [-0.4, -0.2) is 14.5 Å². The highest BCUT2D eigenvalue weighted by molar-refractivity contribution is 6.25. The van der Waals surface area contributed by atoms with Crippen LogP contribution in [0.2, 0.25) is 0 Å². The van der Waals surface area contributed by atoms with Crippen molar-refractivity contribution < 1.29 is 4.42 Å². The minimum absolute atomic E-state index is 0.687. The van der Waals surface area contributed by atoms with E-state index in [-0.39, 0.29) is 0 Å². The maximum atomic E-state index is 6.61. The van der Waals surface area contributed by atoms with E-state index in [0.717, 1.165) is 88.6 Å². The molecule has 10 rings (SSSR count). The van der Waals surface area contributed by atoms with Crippen LogP contribution in [0, 0.1) is 0 Å². The standard InChI is InChI=1S/C46H29N3O/c1-4-14-30(15-5-1)39-29-40(31-16-6-2-7-17-31)48-46(47-39)33-19-12-18-32(28-33)35-23-13-24-38-43-41(49(44(35)38)34-20-8-3-9-21-34)27-26-37-36-22-10-11-25-42(36)50-45(37)43/h1-29H. The van der Waals surface area contributed by atoms with Crippen LogP contribution in [-0.2, 0) is 0 Å². The summed E-state index contributed by atoms with van der Waals surface area (Å²) in [4.78, 5) is 10.2. The highest BCUT2D eigenvalue weighted by atomic mass is 16.3. The van der Waals surface area contributed by atoms with Crippen LogP contribution in [0.4, 0.5) is 0 Å². The molecule has 7 aromatic carbocycles. The minimum atomic E-state index is 0.687. The van der Waals surface area contributed by atoms with Crippen LogP contribution in [0.5, 0.6) is 0 Å². The van der Waals surface area contributed by atoms with Crippen LogP contribution >= 0.6 is 0 Å². The molecule has 0 spiro atoms. The lowest BCUT2D eigenvalue weighted by molar-refractivity contribution is 0.673. The van der Waals surface area contributed by atoms with Crippen LogP contribution in [0.3, 0.4) is 0 Å². The Morgan fingerprint density at radius 2 is 1.04 bits per heavy atom. The maximum absolute atomic E-state index is 6.61. The Hall–Kier alpha value is -6.78. The summed E-state index contributed by atoms with van der Waals surface area (Å²) < 4.78 is 8.99. The molecule has 0 saturated carbocycles. The first-order valence-electron chi connectivity index (χ1n) is 16.8. The number of rotatable bonds is 5. The largest absolute Gasteiger partial charge is 0.455 e. The Morgan fingerprint density at radius 3 is 1.78 bits per heavy atom. The molecule has 0 radical (unpaired) electrons. The topological polar surface area (TPSA) is 43.9 Å². The fourth-order valence-electron chi connectivity index (χ4n) is 7.33. The monoisotopic (exact) mass is 639 g/mol. The van der Waals surface area contributed by atoms with Crippen molar-refractivity contribution in [2.24, 2.45) is 0 Å². The van der Waals surface area contributed by atoms with Gasteiger partial charge >= 0.3 is 0 Å². The van der Waals surface area contributed by atoms with Gasteiger partial charge < -0.3 is 8.98 Å². The summed E-state index contributed by atoms with van der Waals surface area (Å²) in [7, 11) is 0. The molecule has 0 N–H and O–H groups in total. The number of hydrogen-bond donors (Lipinski definition) is 0. The van der Waals surface area contributed by atoms with E-state index in [9.17, 15) is 0 Å². The fourth-order valence-corrected chi connectivity index (χ4v) is 7.33. The number of fused-ring (bicyclic) bond motifs is 7. The molecule has 0 atom stereocenters. The number of para-hydroxylation sites is 3. The molecule has 234 valence electrons. The van der Waals surface area contributed by atoms with Gasteiger partial charge in [0, 0.05) is 44.1 Å². The van der Waals surface area contributed by atoms with Gasteiger partial charge in [-0.1, -0.05) is 133 Å². The molecule has 0 aliphatic carbocycles. The number of benzene rings is 7. The second-order valence-corrected chi connectivity index (χ2v) is 12.6. The third kappa shape index (κ3) is 4.54. The molecular weight excluding hydrogens is 611 g/mol. The molecule has 10 aromatic rings. The number of aromatic nitrogens is 3. The summed E-state index contributed by atoms with van der Waals surface area (Å²) in [5.41, 5.74) is 12.2. The Morgan fingerprint density at radius 1 is 0.440 bits per heavy atom. The van der Waals surface area contributed by atoms with E-state index < -0.39 is 0 Å². The molecule has 0 bridgehead atoms. The highest BCUT2D eigenvalue weighted by Crippen LogP contribution is 2.43. The quantitative estimate of drug-likeness (QED) is 0.188. The lowest BCUT2D eigenvalue weighted by atomic mass is 9.99. The number of furan rings is 1. The van der Waals surface area contributed by atoms with E-state index in [4.69, 9.17) is 14.4 Å². The zero-order valence-corrected chi connectivity index (χ0v) is 27.0. The van der Waals surface area contributed by atoms with Crippen molar-refractivity contribution in [2.75, 3.05) is 0 Å². The van der Waals surface area contributed by atoms with Crippen LogP contribution in [0.1, 0.15) is 0 Å². The van der Waals surface area contributed by atoms with Gasteiger partial charge in [-0.15, -0.1) is 0 Å². The first-order chi connectivity index (χ1) is 24.8. The molecule has 50 heavy (non-hydrogen) atoms. The maximum Gasteiger partial charge on any atom is 0.160 e. The SMILES string of the molecule is c1ccc(-c2cc(-c3ccccc3)nc(-c3cccc(-c4cccc5c6c7oc8ccccc8c7ccc6n(-c6ccccc6)c45)c3)n2)cc1. The molecule has 4 nitrogen and oxygen atoms in total. The van der Waals surface area contributed by atoms with Crippen LogP contribution in [0.15, 0.2) is 180 Å². The van der Waals surface area contributed by atoms with Gasteiger partial charge in [0.05, 0.1) is 27.8 Å². The van der Waals surface area contributed by atoms with Gasteiger partial charge in [-0.05, 0) is 48.0 Å². The first-order valence-corrected chi connectivity index (χ1v) is 16.8. The predicted molar refractivity (Wildman–Crippen MR) is 205 cm³/mol. The third-order valence-corrected chi connectivity index (χ3v) is 9.61. The lowest BCUT2D eigenvalue weighted by Gasteiger charge is -2.13. The van der Waals surface area contributed by atoms with Crippen LogP contribution < -0.4 is 0 Å². The predicted octanol–water partition coefficient (Wildman–Crippen LogP) is 12.1. The molecule has 3 aromatic heterocycles. The molecule has 0 amide bonds. The molecule has 0 unspecified atom stereocenters. The summed E-state index contributed by atoms with van der Waals surface area (Å²) >= 11 is 0. The minimum Gasteiger partial charge on any atom is -0.455 e. The van der Waals surface area contributed by atoms with Crippen molar-refractivity contribution in [2.45, 2.75) is 0 Å². The second kappa shape index (κ2) is 11.4. The van der Waals surface area contributed by atoms with E-state index in [1.807, 2.05) is 48.5 Å². The summed E-state index contributed by atoms with van der Waals surface area (Å²) in [5, 5.41) is 4.51. The van der Waals surface area contributed by atoms with Crippen molar-refractivity contribution in [3.05, 3.63) is 176 Å². The molecule has 0 fully saturated rings. The first kappa shape index (κ1) is 28.3. The second-order valence-electron chi connectivity index (χ2n) is 12.6. The van der Waals surface area contributed by atoms with Crippen molar-refractivity contribution >= 4 is 43.7 Å². The third-order valence-electron chi connectivity index (χ3n) is 9.61. The summed E-state index contributed by atoms with van der Waals surface area (Å²) in [5.74, 6) is 0.687. The number of hydrogen-bond acceptors (Lipinski definition) is 3. The lowest BCUT2D eigenvalue weighted by Crippen LogP contribution is -1.97.